The van der Waals surface area contributed by atoms with Crippen LogP contribution in [0.2, 0.25) is 0 Å². The molecule has 0 radical (unpaired) electrons. The second-order valence-electron chi connectivity index (χ2n) is 9.51. The molecule has 0 unspecified atom stereocenters. The molecule has 0 amide bonds. The van der Waals surface area contributed by atoms with Crippen LogP contribution in [0.1, 0.15) is 11.1 Å². The van der Waals surface area contributed by atoms with Gasteiger partial charge in [0.2, 0.25) is 0 Å². The predicted molar refractivity (Wildman–Crippen MR) is 170 cm³/mol. The van der Waals surface area contributed by atoms with Gasteiger partial charge in [-0.15, -0.1) is 0 Å². The van der Waals surface area contributed by atoms with Crippen LogP contribution >= 0.6 is 15.9 Å². The van der Waals surface area contributed by atoms with Gasteiger partial charge in [0, 0.05) is 15.2 Å². The first kappa shape index (κ1) is 28.9. The fourth-order valence-corrected chi connectivity index (χ4v) is 4.66. The molecule has 0 aliphatic carbocycles. The van der Waals surface area contributed by atoms with Crippen molar-refractivity contribution in [3.8, 4) is 22.6 Å². The van der Waals surface area contributed by atoms with E-state index >= 15 is 0 Å². The third-order valence-corrected chi connectivity index (χ3v) is 6.86. The third kappa shape index (κ3) is 7.51. The van der Waals surface area contributed by atoms with Gasteiger partial charge < -0.3 is 20.3 Å². The molecule has 0 aliphatic heterocycles. The van der Waals surface area contributed by atoms with Gasteiger partial charge in [0.1, 0.15) is 11.5 Å². The van der Waals surface area contributed by atoms with Gasteiger partial charge >= 0.3 is 7.12 Å². The maximum absolute atomic E-state index is 10.1. The number of aromatic hydroxyl groups is 2. The topological polar surface area (TPSA) is 80.9 Å². The second-order valence-corrected chi connectivity index (χ2v) is 10.4. The molecule has 6 aromatic rings. The van der Waals surface area contributed by atoms with Crippen LogP contribution in [0.3, 0.4) is 0 Å². The maximum Gasteiger partial charge on any atom is 0.488 e. The molecule has 4 nitrogen and oxygen atoms in total. The molecular formula is C34H30BBrO4. The van der Waals surface area contributed by atoms with Gasteiger partial charge in [-0.05, 0) is 65.5 Å². The van der Waals surface area contributed by atoms with Crippen molar-refractivity contribution < 1.29 is 20.3 Å². The molecule has 6 rings (SSSR count). The van der Waals surface area contributed by atoms with Crippen molar-refractivity contribution in [3.05, 3.63) is 137 Å². The number of hydrogen-bond donors (Lipinski definition) is 4. The standard InChI is InChI=1S/C17H14O.C10H7BrO.C7H9BO2/c1-12-6-8-13(9-7-12)15-10-14-4-2-3-5-16(14)17(18)11-15;11-8-5-7-3-1-2-4-9(7)10(12)6-8;1-6-2-4-7(5-3-6)8(9)10/h2-11,18H,1H3;1-6,12H;2-5,9-10H,1H3. The van der Waals surface area contributed by atoms with Crippen LogP contribution in [-0.2, 0) is 0 Å². The lowest BCUT2D eigenvalue weighted by molar-refractivity contribution is 0.426. The number of benzene rings is 6. The van der Waals surface area contributed by atoms with Crippen molar-refractivity contribution in [3.63, 3.8) is 0 Å². The Morgan fingerprint density at radius 3 is 1.55 bits per heavy atom. The molecule has 0 aliphatic rings. The van der Waals surface area contributed by atoms with Crippen LogP contribution in [0, 0.1) is 13.8 Å². The molecule has 0 bridgehead atoms. The minimum Gasteiger partial charge on any atom is -0.507 e. The number of halogens is 1. The van der Waals surface area contributed by atoms with E-state index in [9.17, 15) is 10.2 Å². The molecule has 0 heterocycles. The highest BCUT2D eigenvalue weighted by Crippen LogP contribution is 2.32. The van der Waals surface area contributed by atoms with E-state index in [2.05, 4.69) is 53.2 Å². The summed E-state index contributed by atoms with van der Waals surface area (Å²) in [5.41, 5.74) is 5.06. The minimum absolute atomic E-state index is 0.319. The van der Waals surface area contributed by atoms with Gasteiger partial charge in [-0.25, -0.2) is 0 Å². The van der Waals surface area contributed by atoms with Crippen molar-refractivity contribution in [2.75, 3.05) is 0 Å². The Balaban J connectivity index is 0.000000147. The number of phenols is 2. The summed E-state index contributed by atoms with van der Waals surface area (Å²) in [6, 6.07) is 38.6. The Hall–Kier alpha value is -4.10. The summed E-state index contributed by atoms with van der Waals surface area (Å²) in [4.78, 5) is 0. The molecule has 40 heavy (non-hydrogen) atoms. The van der Waals surface area contributed by atoms with Crippen LogP contribution < -0.4 is 5.46 Å². The molecule has 6 aromatic carbocycles. The van der Waals surface area contributed by atoms with Crippen LogP contribution in [-0.4, -0.2) is 27.4 Å². The van der Waals surface area contributed by atoms with E-state index in [0.29, 0.717) is 17.0 Å². The zero-order valence-electron chi connectivity index (χ0n) is 22.3. The van der Waals surface area contributed by atoms with Crippen molar-refractivity contribution in [1.82, 2.24) is 0 Å². The average molecular weight is 593 g/mol. The Labute approximate surface area is 243 Å². The molecule has 0 aromatic heterocycles. The zero-order valence-corrected chi connectivity index (χ0v) is 23.9. The lowest BCUT2D eigenvalue weighted by atomic mass is 9.80. The van der Waals surface area contributed by atoms with Gasteiger partial charge in [-0.2, -0.15) is 0 Å². The second kappa shape index (κ2) is 13.3. The van der Waals surface area contributed by atoms with Gasteiger partial charge in [0.05, 0.1) is 0 Å². The van der Waals surface area contributed by atoms with E-state index < -0.39 is 7.12 Å². The predicted octanol–water partition coefficient (Wildman–Crippen LogP) is 7.50. The van der Waals surface area contributed by atoms with Crippen molar-refractivity contribution in [1.29, 1.82) is 0 Å². The van der Waals surface area contributed by atoms with Crippen molar-refractivity contribution in [2.24, 2.45) is 0 Å². The Morgan fingerprint density at radius 1 is 0.525 bits per heavy atom. The summed E-state index contributed by atoms with van der Waals surface area (Å²) < 4.78 is 0.902. The highest BCUT2D eigenvalue weighted by Gasteiger charge is 2.08. The molecule has 200 valence electrons. The van der Waals surface area contributed by atoms with E-state index in [4.69, 9.17) is 10.0 Å². The summed E-state index contributed by atoms with van der Waals surface area (Å²) in [7, 11) is -1.35. The summed E-state index contributed by atoms with van der Waals surface area (Å²) in [6.45, 7) is 4.02. The van der Waals surface area contributed by atoms with E-state index in [1.54, 1.807) is 18.2 Å². The lowest BCUT2D eigenvalue weighted by Gasteiger charge is -2.07. The van der Waals surface area contributed by atoms with Crippen LogP contribution in [0.25, 0.3) is 32.7 Å². The lowest BCUT2D eigenvalue weighted by Crippen LogP contribution is -2.29. The highest BCUT2D eigenvalue weighted by molar-refractivity contribution is 9.10. The summed E-state index contributed by atoms with van der Waals surface area (Å²) in [6.07, 6.45) is 0. The molecule has 4 N–H and O–H groups in total. The van der Waals surface area contributed by atoms with E-state index in [1.165, 1.54) is 5.56 Å². The maximum atomic E-state index is 10.1. The molecular weight excluding hydrogens is 563 g/mol. The van der Waals surface area contributed by atoms with Crippen molar-refractivity contribution in [2.45, 2.75) is 13.8 Å². The van der Waals surface area contributed by atoms with Crippen LogP contribution in [0.4, 0.5) is 0 Å². The Kier molecular flexibility index (Phi) is 9.62. The summed E-state index contributed by atoms with van der Waals surface area (Å²) >= 11 is 3.32. The molecule has 0 atom stereocenters. The number of aryl methyl sites for hydroxylation is 2. The monoisotopic (exact) mass is 592 g/mol. The molecule has 6 heteroatoms. The quantitative estimate of drug-likeness (QED) is 0.157. The Morgan fingerprint density at radius 2 is 1.00 bits per heavy atom. The van der Waals surface area contributed by atoms with E-state index in [1.807, 2.05) is 79.7 Å². The first-order chi connectivity index (χ1) is 19.2. The van der Waals surface area contributed by atoms with E-state index in [0.717, 1.165) is 42.7 Å². The first-order valence-electron chi connectivity index (χ1n) is 12.8. The van der Waals surface area contributed by atoms with Gasteiger partial charge in [-0.3, -0.25) is 0 Å². The number of rotatable bonds is 2. The van der Waals surface area contributed by atoms with Crippen molar-refractivity contribution >= 4 is 50.1 Å². The highest BCUT2D eigenvalue weighted by atomic mass is 79.9. The van der Waals surface area contributed by atoms with Gasteiger partial charge in [0.15, 0.2) is 0 Å². The van der Waals surface area contributed by atoms with Crippen LogP contribution in [0.15, 0.2) is 126 Å². The van der Waals surface area contributed by atoms with Crippen LogP contribution in [0.5, 0.6) is 11.5 Å². The Bertz CT molecular complexity index is 1720. The first-order valence-corrected chi connectivity index (χ1v) is 13.6. The van der Waals surface area contributed by atoms with Gasteiger partial charge in [0.25, 0.3) is 0 Å². The fraction of sp³-hybridized carbons (Fsp3) is 0.0588. The smallest absolute Gasteiger partial charge is 0.488 e. The number of phenolic OH excluding ortho intramolecular Hbond substituents is 2. The fourth-order valence-electron chi connectivity index (χ4n) is 4.20. The average Bonchev–Trinajstić information content (AvgIpc) is 2.94. The molecule has 0 spiro atoms. The number of hydrogen-bond acceptors (Lipinski definition) is 4. The molecule has 0 saturated carbocycles. The summed E-state index contributed by atoms with van der Waals surface area (Å²) in [5, 5.41) is 40.8. The summed E-state index contributed by atoms with van der Waals surface area (Å²) in [5.74, 6) is 0.656. The molecule has 0 saturated heterocycles. The normalized spacial score (nSPS) is 10.3. The van der Waals surface area contributed by atoms with Gasteiger partial charge in [-0.1, -0.05) is 124 Å². The SMILES string of the molecule is Cc1ccc(-c2cc(O)c3ccccc3c2)cc1.Cc1ccc(B(O)O)cc1.Oc1cc(Br)cc2ccccc12. The number of fused-ring (bicyclic) bond motifs is 2. The largest absolute Gasteiger partial charge is 0.507 e. The third-order valence-electron chi connectivity index (χ3n) is 6.41. The van der Waals surface area contributed by atoms with E-state index in [-0.39, 0.29) is 0 Å². The zero-order chi connectivity index (χ0) is 28.6. The minimum atomic E-state index is -1.35. The molecule has 0 fully saturated rings.